The largest absolute Gasteiger partial charge is 0.508 e. The van der Waals surface area contributed by atoms with Gasteiger partial charge in [0.15, 0.2) is 0 Å². The highest BCUT2D eigenvalue weighted by molar-refractivity contribution is 5.42. The molecule has 0 heterocycles. The lowest BCUT2D eigenvalue weighted by Gasteiger charge is -2.50. The van der Waals surface area contributed by atoms with Gasteiger partial charge in [-0.05, 0) is 85.0 Å². The van der Waals surface area contributed by atoms with Crippen molar-refractivity contribution in [1.29, 1.82) is 0 Å². The van der Waals surface area contributed by atoms with Crippen molar-refractivity contribution in [3.8, 4) is 5.75 Å². The minimum Gasteiger partial charge on any atom is -0.508 e. The van der Waals surface area contributed by atoms with E-state index in [-0.39, 0.29) is 5.75 Å². The monoisotopic (exact) mass is 326 g/mol. The molecule has 0 bridgehead atoms. The van der Waals surface area contributed by atoms with E-state index < -0.39 is 6.10 Å². The lowest BCUT2D eigenvalue weighted by atomic mass is 9.54. The quantitative estimate of drug-likeness (QED) is 0.708. The molecule has 5 unspecified atom stereocenters. The molecular formula is C22H30O2. The van der Waals surface area contributed by atoms with Crippen LogP contribution >= 0.6 is 0 Å². The zero-order chi connectivity index (χ0) is 16.9. The number of phenols is 1. The standard InChI is InChI=1S/C22H30O2/c1-3-4-5-14-6-9-20-18-13-21(24)19-12-15(23)7-8-16(19)17(18)10-11-22(14,20)2/h5,7-8,12,17-18,20-21,23-24H,3-4,6,9-11,13H2,1-2H3/b14-5-. The Morgan fingerprint density at radius 1 is 1.25 bits per heavy atom. The van der Waals surface area contributed by atoms with E-state index >= 15 is 0 Å². The molecule has 1 aromatic carbocycles. The lowest BCUT2D eigenvalue weighted by Crippen LogP contribution is -2.41. The van der Waals surface area contributed by atoms with E-state index in [0.29, 0.717) is 23.2 Å². The molecule has 130 valence electrons. The van der Waals surface area contributed by atoms with E-state index in [1.807, 2.05) is 0 Å². The summed E-state index contributed by atoms with van der Waals surface area (Å²) in [5, 5.41) is 20.5. The molecule has 0 spiro atoms. The first kappa shape index (κ1) is 16.2. The van der Waals surface area contributed by atoms with E-state index in [2.05, 4.69) is 26.0 Å². The fourth-order valence-electron chi connectivity index (χ4n) is 6.08. The molecular weight excluding hydrogens is 296 g/mol. The highest BCUT2D eigenvalue weighted by Gasteiger charge is 2.53. The summed E-state index contributed by atoms with van der Waals surface area (Å²) < 4.78 is 0. The molecule has 0 saturated heterocycles. The minimum absolute atomic E-state index is 0.276. The topological polar surface area (TPSA) is 40.5 Å². The van der Waals surface area contributed by atoms with Gasteiger partial charge < -0.3 is 10.2 Å². The van der Waals surface area contributed by atoms with Gasteiger partial charge >= 0.3 is 0 Å². The first-order valence-electron chi connectivity index (χ1n) is 9.75. The molecule has 2 nitrogen and oxygen atoms in total. The molecule has 2 saturated carbocycles. The Morgan fingerprint density at radius 2 is 2.08 bits per heavy atom. The van der Waals surface area contributed by atoms with Crippen molar-refractivity contribution in [3.05, 3.63) is 41.0 Å². The number of aliphatic hydroxyl groups excluding tert-OH is 1. The normalized spacial score (nSPS) is 39.4. The molecule has 1 aromatic rings. The Kier molecular flexibility index (Phi) is 3.99. The fraction of sp³-hybridized carbons (Fsp3) is 0.636. The molecule has 3 aliphatic carbocycles. The number of aromatic hydroxyl groups is 1. The van der Waals surface area contributed by atoms with Gasteiger partial charge in [-0.2, -0.15) is 0 Å². The van der Waals surface area contributed by atoms with Gasteiger partial charge in [-0.25, -0.2) is 0 Å². The molecule has 5 atom stereocenters. The van der Waals surface area contributed by atoms with Crippen LogP contribution in [0.15, 0.2) is 29.8 Å². The third-order valence-electron chi connectivity index (χ3n) is 7.29. The van der Waals surface area contributed by atoms with E-state index in [4.69, 9.17) is 0 Å². The van der Waals surface area contributed by atoms with Crippen molar-refractivity contribution in [3.63, 3.8) is 0 Å². The van der Waals surface area contributed by atoms with Crippen molar-refractivity contribution >= 4 is 0 Å². The number of rotatable bonds is 2. The number of fused-ring (bicyclic) bond motifs is 5. The lowest BCUT2D eigenvalue weighted by molar-refractivity contribution is 0.0304. The van der Waals surface area contributed by atoms with Gasteiger partial charge in [0, 0.05) is 0 Å². The summed E-state index contributed by atoms with van der Waals surface area (Å²) in [4.78, 5) is 0. The number of allylic oxidation sites excluding steroid dienone is 2. The summed E-state index contributed by atoms with van der Waals surface area (Å²) in [5.74, 6) is 2.13. The zero-order valence-corrected chi connectivity index (χ0v) is 15.0. The second-order valence-electron chi connectivity index (χ2n) is 8.45. The summed E-state index contributed by atoms with van der Waals surface area (Å²) in [6, 6.07) is 5.64. The number of aliphatic hydroxyl groups is 1. The second-order valence-corrected chi connectivity index (χ2v) is 8.45. The average molecular weight is 326 g/mol. The Hall–Kier alpha value is -1.28. The highest BCUT2D eigenvalue weighted by Crippen LogP contribution is 2.64. The fourth-order valence-corrected chi connectivity index (χ4v) is 6.08. The van der Waals surface area contributed by atoms with Crippen molar-refractivity contribution in [1.82, 2.24) is 0 Å². The number of unbranched alkanes of at least 4 members (excludes halogenated alkanes) is 1. The Labute approximate surface area is 145 Å². The summed E-state index contributed by atoms with van der Waals surface area (Å²) in [6.45, 7) is 4.74. The summed E-state index contributed by atoms with van der Waals surface area (Å²) in [5.41, 5.74) is 4.31. The third kappa shape index (κ3) is 2.34. The Bertz CT molecular complexity index is 662. The SMILES string of the molecule is CCC/C=C1/CCC2C3CC(O)c4cc(O)ccc4C3CCC12C. The van der Waals surface area contributed by atoms with Crippen molar-refractivity contribution < 1.29 is 10.2 Å². The van der Waals surface area contributed by atoms with E-state index in [1.165, 1.54) is 44.1 Å². The molecule has 2 heteroatoms. The highest BCUT2D eigenvalue weighted by atomic mass is 16.3. The summed E-state index contributed by atoms with van der Waals surface area (Å²) in [7, 11) is 0. The Morgan fingerprint density at radius 3 is 2.88 bits per heavy atom. The van der Waals surface area contributed by atoms with Crippen LogP contribution in [0.3, 0.4) is 0 Å². The maximum absolute atomic E-state index is 10.7. The number of hydrogen-bond donors (Lipinski definition) is 2. The van der Waals surface area contributed by atoms with Crippen LogP contribution in [0.2, 0.25) is 0 Å². The maximum atomic E-state index is 10.7. The predicted octanol–water partition coefficient (Wildman–Crippen LogP) is 5.47. The maximum Gasteiger partial charge on any atom is 0.115 e. The number of benzene rings is 1. The van der Waals surface area contributed by atoms with Crippen LogP contribution in [0.1, 0.15) is 81.9 Å². The van der Waals surface area contributed by atoms with Gasteiger partial charge in [-0.1, -0.05) is 38.0 Å². The van der Waals surface area contributed by atoms with E-state index in [9.17, 15) is 10.2 Å². The van der Waals surface area contributed by atoms with Crippen LogP contribution in [0.5, 0.6) is 5.75 Å². The van der Waals surface area contributed by atoms with Gasteiger partial charge in [0.05, 0.1) is 6.10 Å². The molecule has 2 N–H and O–H groups in total. The van der Waals surface area contributed by atoms with Crippen molar-refractivity contribution in [2.75, 3.05) is 0 Å². The van der Waals surface area contributed by atoms with Gasteiger partial charge in [0.2, 0.25) is 0 Å². The smallest absolute Gasteiger partial charge is 0.115 e. The molecule has 3 aliphatic rings. The molecule has 4 rings (SSSR count). The van der Waals surface area contributed by atoms with Crippen molar-refractivity contribution in [2.45, 2.75) is 70.8 Å². The van der Waals surface area contributed by atoms with E-state index in [0.717, 1.165) is 12.0 Å². The average Bonchev–Trinajstić information content (AvgIpc) is 2.90. The molecule has 0 radical (unpaired) electrons. The molecule has 0 amide bonds. The first-order valence-corrected chi connectivity index (χ1v) is 9.75. The molecule has 2 fully saturated rings. The van der Waals surface area contributed by atoms with Gasteiger partial charge in [0.25, 0.3) is 0 Å². The predicted molar refractivity (Wildman–Crippen MR) is 97.0 cm³/mol. The van der Waals surface area contributed by atoms with Gasteiger partial charge in [-0.15, -0.1) is 0 Å². The third-order valence-corrected chi connectivity index (χ3v) is 7.29. The second kappa shape index (κ2) is 5.91. The van der Waals surface area contributed by atoms with Crippen LogP contribution in [-0.4, -0.2) is 10.2 Å². The zero-order valence-electron chi connectivity index (χ0n) is 15.0. The molecule has 24 heavy (non-hydrogen) atoms. The van der Waals surface area contributed by atoms with Crippen LogP contribution < -0.4 is 0 Å². The van der Waals surface area contributed by atoms with Gasteiger partial charge in [0.1, 0.15) is 5.75 Å². The Balaban J connectivity index is 1.68. The summed E-state index contributed by atoms with van der Waals surface area (Å²) >= 11 is 0. The molecule has 0 aliphatic heterocycles. The number of hydrogen-bond acceptors (Lipinski definition) is 2. The first-order chi connectivity index (χ1) is 11.5. The van der Waals surface area contributed by atoms with Crippen LogP contribution in [0, 0.1) is 17.3 Å². The van der Waals surface area contributed by atoms with Crippen molar-refractivity contribution in [2.24, 2.45) is 17.3 Å². The molecule has 0 aromatic heterocycles. The number of phenolic OH excluding ortho intramolecular Hbond substituents is 1. The van der Waals surface area contributed by atoms with Crippen LogP contribution in [0.25, 0.3) is 0 Å². The van der Waals surface area contributed by atoms with Crippen LogP contribution in [-0.2, 0) is 0 Å². The van der Waals surface area contributed by atoms with Gasteiger partial charge in [-0.3, -0.25) is 0 Å². The summed E-state index contributed by atoms with van der Waals surface area (Å²) in [6.07, 6.45) is 10.4. The minimum atomic E-state index is -0.417. The van der Waals surface area contributed by atoms with E-state index in [1.54, 1.807) is 17.7 Å². The van der Waals surface area contributed by atoms with Crippen LogP contribution in [0.4, 0.5) is 0 Å².